The molecule has 0 bridgehead atoms. The number of likely N-dealkylation sites (tertiary alicyclic amines) is 1. The van der Waals surface area contributed by atoms with E-state index < -0.39 is 11.7 Å². The molecule has 1 N–H and O–H groups in total. The van der Waals surface area contributed by atoms with Crippen LogP contribution in [-0.4, -0.2) is 67.1 Å². The molecular formula is C29H39F3N4O. The highest BCUT2D eigenvalue weighted by atomic mass is 19.4. The molecule has 0 radical (unpaired) electrons. The van der Waals surface area contributed by atoms with Crippen molar-refractivity contribution in [2.45, 2.75) is 58.3 Å². The van der Waals surface area contributed by atoms with Crippen LogP contribution >= 0.6 is 0 Å². The summed E-state index contributed by atoms with van der Waals surface area (Å²) in [6.45, 7) is 11.5. The van der Waals surface area contributed by atoms with E-state index in [1.54, 1.807) is 6.07 Å². The summed E-state index contributed by atoms with van der Waals surface area (Å²) in [6, 6.07) is 14.3. The first kappa shape index (κ1) is 27.5. The monoisotopic (exact) mass is 516 g/mol. The molecule has 8 heteroatoms. The maximum absolute atomic E-state index is 13.2. The zero-order valence-corrected chi connectivity index (χ0v) is 22.1. The van der Waals surface area contributed by atoms with Gasteiger partial charge in [-0.15, -0.1) is 0 Å². The second-order valence-corrected chi connectivity index (χ2v) is 10.7. The van der Waals surface area contributed by atoms with Crippen LogP contribution in [-0.2, 0) is 11.0 Å². The SMILES string of the molecule is Cc1cccc(NC(=O)CC[C@@H]2CN(C(C)C)CC[C@@H]2N2CCN(c3cccc(C(F)(F)F)c3)CC2)c1. The first-order valence-corrected chi connectivity index (χ1v) is 13.4. The molecule has 0 aliphatic carbocycles. The molecule has 2 heterocycles. The molecule has 202 valence electrons. The first-order valence-electron chi connectivity index (χ1n) is 13.4. The van der Waals surface area contributed by atoms with Gasteiger partial charge in [0.1, 0.15) is 0 Å². The van der Waals surface area contributed by atoms with Gasteiger partial charge in [0, 0.05) is 62.6 Å². The molecule has 2 aromatic rings. The van der Waals surface area contributed by atoms with Crippen molar-refractivity contribution in [3.63, 3.8) is 0 Å². The number of anilines is 2. The van der Waals surface area contributed by atoms with Crippen molar-refractivity contribution in [1.82, 2.24) is 9.80 Å². The molecule has 0 saturated carbocycles. The summed E-state index contributed by atoms with van der Waals surface area (Å²) in [6.07, 6.45) is -1.99. The Bertz CT molecular complexity index is 1050. The minimum absolute atomic E-state index is 0.0420. The fourth-order valence-electron chi connectivity index (χ4n) is 5.73. The average Bonchev–Trinajstić information content (AvgIpc) is 2.87. The zero-order chi connectivity index (χ0) is 26.6. The first-order chi connectivity index (χ1) is 17.6. The molecule has 2 aliphatic rings. The summed E-state index contributed by atoms with van der Waals surface area (Å²) in [5.74, 6) is 0.417. The summed E-state index contributed by atoms with van der Waals surface area (Å²) in [5, 5.41) is 3.04. The number of carbonyl (C=O) groups is 1. The fourth-order valence-corrected chi connectivity index (χ4v) is 5.73. The molecule has 1 amide bonds. The third-order valence-electron chi connectivity index (χ3n) is 7.82. The minimum Gasteiger partial charge on any atom is -0.369 e. The van der Waals surface area contributed by atoms with Gasteiger partial charge in [-0.25, -0.2) is 0 Å². The Balaban J connectivity index is 1.37. The molecule has 0 aromatic heterocycles. The van der Waals surface area contributed by atoms with Gasteiger partial charge < -0.3 is 15.1 Å². The Morgan fingerprint density at radius 3 is 2.43 bits per heavy atom. The summed E-state index contributed by atoms with van der Waals surface area (Å²) in [7, 11) is 0. The second kappa shape index (κ2) is 11.9. The Labute approximate surface area is 218 Å². The quantitative estimate of drug-likeness (QED) is 0.516. The predicted molar refractivity (Wildman–Crippen MR) is 143 cm³/mol. The standard InChI is InChI=1S/C29H39F3N4O/c1-21(2)36-13-12-27(23(20-36)10-11-28(37)33-25-8-4-6-22(3)18-25)35-16-14-34(15-17-35)26-9-5-7-24(19-26)29(30,31)32/h4-9,18-19,21,23,27H,10-17,20H2,1-3H3,(H,33,37)/t23-,27+/m1/s1. The Morgan fingerprint density at radius 2 is 1.76 bits per heavy atom. The van der Waals surface area contributed by atoms with Gasteiger partial charge in [-0.3, -0.25) is 9.69 Å². The van der Waals surface area contributed by atoms with Crippen LogP contribution in [0.2, 0.25) is 0 Å². The average molecular weight is 517 g/mol. The molecule has 2 fully saturated rings. The van der Waals surface area contributed by atoms with Crippen LogP contribution in [0.4, 0.5) is 24.5 Å². The van der Waals surface area contributed by atoms with Crippen molar-refractivity contribution in [2.75, 3.05) is 49.5 Å². The lowest BCUT2D eigenvalue weighted by Gasteiger charge is -2.48. The van der Waals surface area contributed by atoms with Crippen LogP contribution in [0.3, 0.4) is 0 Å². The molecule has 2 saturated heterocycles. The third-order valence-corrected chi connectivity index (χ3v) is 7.82. The van der Waals surface area contributed by atoms with Gasteiger partial charge in [0.15, 0.2) is 0 Å². The van der Waals surface area contributed by atoms with Gasteiger partial charge in [0.05, 0.1) is 5.56 Å². The number of hydrogen-bond donors (Lipinski definition) is 1. The minimum atomic E-state index is -4.33. The number of rotatable bonds is 7. The van der Waals surface area contributed by atoms with E-state index in [0.29, 0.717) is 43.2 Å². The van der Waals surface area contributed by atoms with Crippen LogP contribution in [0.5, 0.6) is 0 Å². The van der Waals surface area contributed by atoms with E-state index in [4.69, 9.17) is 0 Å². The van der Waals surface area contributed by atoms with Crippen LogP contribution in [0.25, 0.3) is 0 Å². The van der Waals surface area contributed by atoms with Crippen molar-refractivity contribution in [3.8, 4) is 0 Å². The largest absolute Gasteiger partial charge is 0.416 e. The van der Waals surface area contributed by atoms with Crippen LogP contribution in [0, 0.1) is 12.8 Å². The molecule has 37 heavy (non-hydrogen) atoms. The highest BCUT2D eigenvalue weighted by Crippen LogP contribution is 2.33. The normalized spacial score (nSPS) is 21.9. The number of piperazine rings is 1. The molecule has 0 spiro atoms. The van der Waals surface area contributed by atoms with E-state index in [1.807, 2.05) is 31.2 Å². The van der Waals surface area contributed by atoms with Crippen LogP contribution in [0.1, 0.15) is 44.2 Å². The number of alkyl halides is 3. The number of amides is 1. The molecule has 2 aromatic carbocycles. The Kier molecular flexibility index (Phi) is 8.80. The highest BCUT2D eigenvalue weighted by molar-refractivity contribution is 5.90. The van der Waals surface area contributed by atoms with E-state index in [0.717, 1.165) is 56.3 Å². The van der Waals surface area contributed by atoms with Gasteiger partial charge in [-0.2, -0.15) is 13.2 Å². The summed E-state index contributed by atoms with van der Waals surface area (Å²) >= 11 is 0. The number of benzene rings is 2. The lowest BCUT2D eigenvalue weighted by atomic mass is 9.86. The molecular weight excluding hydrogens is 477 g/mol. The number of halogens is 3. The third kappa shape index (κ3) is 7.26. The Morgan fingerprint density at radius 1 is 1.03 bits per heavy atom. The fraction of sp³-hybridized carbons (Fsp3) is 0.552. The summed E-state index contributed by atoms with van der Waals surface area (Å²) in [4.78, 5) is 19.8. The van der Waals surface area contributed by atoms with Crippen LogP contribution < -0.4 is 10.2 Å². The van der Waals surface area contributed by atoms with Gasteiger partial charge in [-0.05, 0) is 82.0 Å². The lowest BCUT2D eigenvalue weighted by Crippen LogP contribution is -2.57. The number of nitrogens with one attached hydrogen (secondary N) is 1. The smallest absolute Gasteiger partial charge is 0.369 e. The van der Waals surface area contributed by atoms with E-state index in [9.17, 15) is 18.0 Å². The van der Waals surface area contributed by atoms with E-state index >= 15 is 0 Å². The number of hydrogen-bond acceptors (Lipinski definition) is 4. The molecule has 5 nitrogen and oxygen atoms in total. The van der Waals surface area contributed by atoms with E-state index in [-0.39, 0.29) is 5.91 Å². The van der Waals surface area contributed by atoms with E-state index in [2.05, 4.69) is 33.9 Å². The molecule has 2 atom stereocenters. The number of aryl methyl sites for hydroxylation is 1. The van der Waals surface area contributed by atoms with Crippen molar-refractivity contribution in [1.29, 1.82) is 0 Å². The van der Waals surface area contributed by atoms with Gasteiger partial charge in [0.25, 0.3) is 0 Å². The van der Waals surface area contributed by atoms with Crippen LogP contribution in [0.15, 0.2) is 48.5 Å². The highest BCUT2D eigenvalue weighted by Gasteiger charge is 2.36. The van der Waals surface area contributed by atoms with Crippen molar-refractivity contribution >= 4 is 17.3 Å². The Hall–Kier alpha value is -2.58. The second-order valence-electron chi connectivity index (χ2n) is 10.7. The van der Waals surface area contributed by atoms with Crippen molar-refractivity contribution in [2.24, 2.45) is 5.92 Å². The number of nitrogens with zero attached hydrogens (tertiary/aromatic N) is 3. The van der Waals surface area contributed by atoms with Crippen molar-refractivity contribution in [3.05, 3.63) is 59.7 Å². The maximum Gasteiger partial charge on any atom is 0.416 e. The lowest BCUT2D eigenvalue weighted by molar-refractivity contribution is -0.137. The number of carbonyl (C=O) groups excluding carboxylic acids is 1. The van der Waals surface area contributed by atoms with Crippen molar-refractivity contribution < 1.29 is 18.0 Å². The zero-order valence-electron chi connectivity index (χ0n) is 22.1. The maximum atomic E-state index is 13.2. The van der Waals surface area contributed by atoms with Gasteiger partial charge >= 0.3 is 6.18 Å². The summed E-state index contributed by atoms with van der Waals surface area (Å²) in [5.41, 5.74) is 1.98. The molecule has 2 aliphatic heterocycles. The molecule has 0 unspecified atom stereocenters. The van der Waals surface area contributed by atoms with Gasteiger partial charge in [0.2, 0.25) is 5.91 Å². The van der Waals surface area contributed by atoms with Gasteiger partial charge in [-0.1, -0.05) is 18.2 Å². The van der Waals surface area contributed by atoms with E-state index in [1.165, 1.54) is 12.1 Å². The predicted octanol–water partition coefficient (Wildman–Crippen LogP) is 5.65. The topological polar surface area (TPSA) is 38.8 Å². The summed E-state index contributed by atoms with van der Waals surface area (Å²) < 4.78 is 39.5. The molecule has 4 rings (SSSR count). The number of piperidine rings is 1.